The normalized spacial score (nSPS) is 9.54. The number of nitrogens with one attached hydrogen (secondary N) is 2. The van der Waals surface area contributed by atoms with Crippen molar-refractivity contribution >= 4 is 7.69 Å². The van der Waals surface area contributed by atoms with Gasteiger partial charge in [-0.3, -0.25) is 10.2 Å². The SMILES string of the molecule is [B](Oc1cn[nH]c1)Oc1cn[nH]c1. The zero-order valence-corrected chi connectivity index (χ0v) is 6.60. The van der Waals surface area contributed by atoms with Crippen molar-refractivity contribution in [3.63, 3.8) is 0 Å². The van der Waals surface area contributed by atoms with Crippen LogP contribution in [-0.2, 0) is 0 Å². The van der Waals surface area contributed by atoms with Crippen molar-refractivity contribution in [2.75, 3.05) is 0 Å². The fourth-order valence-electron chi connectivity index (χ4n) is 0.742. The first-order valence-corrected chi connectivity index (χ1v) is 3.58. The molecule has 6 nitrogen and oxygen atoms in total. The monoisotopic (exact) mass is 177 g/mol. The molecule has 0 saturated carbocycles. The Bertz CT molecular complexity index is 299. The summed E-state index contributed by atoms with van der Waals surface area (Å²) in [4.78, 5) is 0. The van der Waals surface area contributed by atoms with Crippen molar-refractivity contribution < 1.29 is 9.31 Å². The minimum absolute atomic E-state index is 0.587. The third-order valence-corrected chi connectivity index (χ3v) is 1.31. The summed E-state index contributed by atoms with van der Waals surface area (Å²) >= 11 is 0. The van der Waals surface area contributed by atoms with Gasteiger partial charge in [0, 0.05) is 0 Å². The molecule has 2 aromatic heterocycles. The lowest BCUT2D eigenvalue weighted by Crippen LogP contribution is -2.09. The van der Waals surface area contributed by atoms with Gasteiger partial charge in [0.1, 0.15) is 11.5 Å². The maximum Gasteiger partial charge on any atom is 0.658 e. The molecule has 65 valence electrons. The van der Waals surface area contributed by atoms with E-state index in [-0.39, 0.29) is 0 Å². The summed E-state index contributed by atoms with van der Waals surface area (Å²) in [6, 6.07) is 0. The van der Waals surface area contributed by atoms with Gasteiger partial charge in [0.05, 0.1) is 24.8 Å². The topological polar surface area (TPSA) is 75.8 Å². The molecule has 2 rings (SSSR count). The van der Waals surface area contributed by atoms with Gasteiger partial charge in [-0.05, 0) is 0 Å². The Morgan fingerprint density at radius 1 is 1.00 bits per heavy atom. The van der Waals surface area contributed by atoms with Gasteiger partial charge in [0.2, 0.25) is 0 Å². The Labute approximate surface area is 74.6 Å². The number of hydrogen-bond donors (Lipinski definition) is 2. The zero-order valence-electron chi connectivity index (χ0n) is 6.60. The van der Waals surface area contributed by atoms with E-state index < -0.39 is 0 Å². The minimum atomic E-state index is 0.587. The summed E-state index contributed by atoms with van der Waals surface area (Å²) in [6.45, 7) is 0. The molecule has 0 unspecified atom stereocenters. The number of H-pyrrole nitrogens is 2. The van der Waals surface area contributed by atoms with E-state index >= 15 is 0 Å². The quantitative estimate of drug-likeness (QED) is 0.650. The molecule has 0 bridgehead atoms. The second kappa shape index (κ2) is 3.66. The van der Waals surface area contributed by atoms with Crippen molar-refractivity contribution in [3.05, 3.63) is 24.8 Å². The lowest BCUT2D eigenvalue weighted by Gasteiger charge is -1.99. The third-order valence-electron chi connectivity index (χ3n) is 1.31. The van der Waals surface area contributed by atoms with Crippen LogP contribution in [0, 0.1) is 0 Å². The molecule has 0 amide bonds. The molecule has 2 N–H and O–H groups in total. The van der Waals surface area contributed by atoms with Crippen LogP contribution in [0.15, 0.2) is 24.8 Å². The summed E-state index contributed by atoms with van der Waals surface area (Å²) in [5, 5.41) is 12.6. The molecule has 0 aliphatic rings. The van der Waals surface area contributed by atoms with Crippen LogP contribution in [0.25, 0.3) is 0 Å². The van der Waals surface area contributed by atoms with Crippen molar-refractivity contribution in [1.29, 1.82) is 0 Å². The van der Waals surface area contributed by atoms with E-state index in [9.17, 15) is 0 Å². The molecule has 0 atom stereocenters. The van der Waals surface area contributed by atoms with E-state index in [0.717, 1.165) is 0 Å². The molecule has 0 fully saturated rings. The van der Waals surface area contributed by atoms with Crippen molar-refractivity contribution in [3.8, 4) is 11.5 Å². The average molecular weight is 177 g/mol. The van der Waals surface area contributed by atoms with Crippen LogP contribution in [0.5, 0.6) is 11.5 Å². The van der Waals surface area contributed by atoms with Gasteiger partial charge in [0.25, 0.3) is 0 Å². The Kier molecular flexibility index (Phi) is 2.17. The summed E-state index contributed by atoms with van der Waals surface area (Å²) < 4.78 is 10.1. The largest absolute Gasteiger partial charge is 0.658 e. The maximum absolute atomic E-state index is 5.04. The lowest BCUT2D eigenvalue weighted by atomic mass is 10.4. The molecule has 0 spiro atoms. The molecular weight excluding hydrogens is 171 g/mol. The number of nitrogens with zero attached hydrogens (tertiary/aromatic N) is 2. The van der Waals surface area contributed by atoms with E-state index in [2.05, 4.69) is 20.4 Å². The first-order chi connectivity index (χ1) is 6.45. The van der Waals surface area contributed by atoms with Gasteiger partial charge in [-0.1, -0.05) is 0 Å². The highest BCUT2D eigenvalue weighted by Crippen LogP contribution is 2.06. The van der Waals surface area contributed by atoms with E-state index in [1.807, 2.05) is 0 Å². The smallest absolute Gasteiger partial charge is 0.524 e. The molecule has 0 aliphatic carbocycles. The Morgan fingerprint density at radius 3 is 1.92 bits per heavy atom. The summed E-state index contributed by atoms with van der Waals surface area (Å²) in [6.07, 6.45) is 6.29. The van der Waals surface area contributed by atoms with Crippen molar-refractivity contribution in [2.45, 2.75) is 0 Å². The number of hydrogen-bond acceptors (Lipinski definition) is 4. The lowest BCUT2D eigenvalue weighted by molar-refractivity contribution is 0.459. The second-order valence-corrected chi connectivity index (χ2v) is 2.20. The first kappa shape index (κ1) is 7.72. The zero-order chi connectivity index (χ0) is 8.93. The minimum Gasteiger partial charge on any atom is -0.524 e. The summed E-state index contributed by atoms with van der Waals surface area (Å²) in [7, 11) is 1.20. The molecule has 2 aromatic rings. The molecule has 13 heavy (non-hydrogen) atoms. The van der Waals surface area contributed by atoms with E-state index in [0.29, 0.717) is 11.5 Å². The Balaban J connectivity index is 1.76. The van der Waals surface area contributed by atoms with E-state index in [1.165, 1.54) is 20.1 Å². The molecule has 0 saturated heterocycles. The predicted molar refractivity (Wildman–Crippen MR) is 44.2 cm³/mol. The summed E-state index contributed by atoms with van der Waals surface area (Å²) in [5.41, 5.74) is 0. The van der Waals surface area contributed by atoms with Crippen LogP contribution < -0.4 is 9.31 Å². The standard InChI is InChI=1S/C6H6BN4O2/c1-5(2-9-8-1)12-7-13-6-3-10-11-4-6/h1-4H,(H,8,9)(H,10,11). The van der Waals surface area contributed by atoms with Crippen LogP contribution in [0.3, 0.4) is 0 Å². The molecular formula is C6H6BN4O2. The van der Waals surface area contributed by atoms with Gasteiger partial charge in [0.15, 0.2) is 0 Å². The molecule has 0 aromatic carbocycles. The van der Waals surface area contributed by atoms with Crippen molar-refractivity contribution in [2.24, 2.45) is 0 Å². The fourth-order valence-corrected chi connectivity index (χ4v) is 0.742. The average Bonchev–Trinajstić information content (AvgIpc) is 2.75. The highest BCUT2D eigenvalue weighted by Gasteiger charge is 2.01. The van der Waals surface area contributed by atoms with Crippen LogP contribution in [-0.4, -0.2) is 28.1 Å². The molecule has 0 aliphatic heterocycles. The van der Waals surface area contributed by atoms with Gasteiger partial charge >= 0.3 is 7.69 Å². The van der Waals surface area contributed by atoms with E-state index in [1.54, 1.807) is 12.4 Å². The highest BCUT2D eigenvalue weighted by atomic mass is 16.6. The first-order valence-electron chi connectivity index (χ1n) is 3.58. The van der Waals surface area contributed by atoms with Crippen LogP contribution in [0.4, 0.5) is 0 Å². The summed E-state index contributed by atoms with van der Waals surface area (Å²) in [5.74, 6) is 1.17. The van der Waals surface area contributed by atoms with Crippen molar-refractivity contribution in [1.82, 2.24) is 20.4 Å². The van der Waals surface area contributed by atoms with Crippen LogP contribution >= 0.6 is 0 Å². The maximum atomic E-state index is 5.04. The molecule has 7 heteroatoms. The van der Waals surface area contributed by atoms with Gasteiger partial charge < -0.3 is 9.31 Å². The number of aromatic amines is 2. The van der Waals surface area contributed by atoms with Crippen LogP contribution in [0.2, 0.25) is 0 Å². The highest BCUT2D eigenvalue weighted by molar-refractivity contribution is 6.20. The Morgan fingerprint density at radius 2 is 1.54 bits per heavy atom. The van der Waals surface area contributed by atoms with Gasteiger partial charge in [-0.2, -0.15) is 10.2 Å². The Hall–Kier alpha value is -1.92. The third kappa shape index (κ3) is 2.02. The van der Waals surface area contributed by atoms with Gasteiger partial charge in [-0.25, -0.2) is 0 Å². The van der Waals surface area contributed by atoms with Crippen LogP contribution in [0.1, 0.15) is 0 Å². The van der Waals surface area contributed by atoms with E-state index in [4.69, 9.17) is 9.31 Å². The molecule has 2 heterocycles. The molecule has 1 radical (unpaired) electrons. The number of rotatable bonds is 4. The second-order valence-electron chi connectivity index (χ2n) is 2.20. The number of aromatic nitrogens is 4. The fraction of sp³-hybridized carbons (Fsp3) is 0. The van der Waals surface area contributed by atoms with Gasteiger partial charge in [-0.15, -0.1) is 0 Å². The predicted octanol–water partition coefficient (Wildman–Crippen LogP) is 0.125.